The highest BCUT2D eigenvalue weighted by Gasteiger charge is 2.19. The van der Waals surface area contributed by atoms with Crippen molar-refractivity contribution in [2.24, 2.45) is 11.7 Å². The van der Waals surface area contributed by atoms with Crippen LogP contribution >= 0.6 is 0 Å². The van der Waals surface area contributed by atoms with Gasteiger partial charge < -0.3 is 15.5 Å². The van der Waals surface area contributed by atoms with Crippen molar-refractivity contribution in [3.63, 3.8) is 0 Å². The molecule has 0 unspecified atom stereocenters. The minimum atomic E-state index is -0.552. The lowest BCUT2D eigenvalue weighted by Crippen LogP contribution is -2.40. The third-order valence-electron chi connectivity index (χ3n) is 3.25. The number of benzene rings is 1. The van der Waals surface area contributed by atoms with Crippen LogP contribution in [0.5, 0.6) is 0 Å². The van der Waals surface area contributed by atoms with Gasteiger partial charge in [0.1, 0.15) is 0 Å². The Hall–Kier alpha value is -2.08. The molecule has 2 aromatic rings. The number of hydrogen-bond acceptors (Lipinski definition) is 4. The van der Waals surface area contributed by atoms with Crippen molar-refractivity contribution in [1.29, 1.82) is 0 Å². The Labute approximate surface area is 110 Å². The Morgan fingerprint density at radius 2 is 2.26 bits per heavy atom. The molecular formula is C13H17N3O3. The largest absolute Gasteiger partial charge is 0.417 e. The molecule has 0 fully saturated rings. The number of nitrogens with one attached hydrogen (secondary N) is 2. The molecule has 2 atom stereocenters. The molecule has 0 aliphatic carbocycles. The topological polar surface area (TPSA) is 101 Å². The second-order valence-corrected chi connectivity index (χ2v) is 4.63. The van der Waals surface area contributed by atoms with Crippen molar-refractivity contribution in [3.05, 3.63) is 28.7 Å². The molecule has 6 nitrogen and oxygen atoms in total. The van der Waals surface area contributed by atoms with Crippen LogP contribution in [0.2, 0.25) is 0 Å². The summed E-state index contributed by atoms with van der Waals surface area (Å²) in [6.45, 7) is 3.92. The summed E-state index contributed by atoms with van der Waals surface area (Å²) in [6, 6.07) is 4.38. The third kappa shape index (κ3) is 2.85. The smallest absolute Gasteiger partial charge is 0.408 e. The van der Waals surface area contributed by atoms with Crippen molar-refractivity contribution >= 4 is 22.7 Å². The fraction of sp³-hybridized carbons (Fsp3) is 0.385. The maximum atomic E-state index is 11.9. The van der Waals surface area contributed by atoms with Crippen LogP contribution in [0.4, 0.5) is 5.69 Å². The van der Waals surface area contributed by atoms with Gasteiger partial charge in [-0.3, -0.25) is 9.78 Å². The van der Waals surface area contributed by atoms with Crippen LogP contribution in [0.1, 0.15) is 20.3 Å². The highest BCUT2D eigenvalue weighted by molar-refractivity contribution is 5.96. The van der Waals surface area contributed by atoms with E-state index in [0.717, 1.165) is 6.42 Å². The molecule has 1 aromatic carbocycles. The molecule has 19 heavy (non-hydrogen) atoms. The maximum absolute atomic E-state index is 11.9. The van der Waals surface area contributed by atoms with Gasteiger partial charge in [-0.15, -0.1) is 0 Å². The van der Waals surface area contributed by atoms with E-state index in [1.165, 1.54) is 0 Å². The summed E-state index contributed by atoms with van der Waals surface area (Å²) in [5, 5.41) is 2.73. The number of H-pyrrole nitrogens is 1. The first-order valence-corrected chi connectivity index (χ1v) is 6.20. The van der Waals surface area contributed by atoms with Crippen LogP contribution in [0.25, 0.3) is 11.1 Å². The van der Waals surface area contributed by atoms with Gasteiger partial charge in [0, 0.05) is 5.69 Å². The minimum absolute atomic E-state index is 0.109. The van der Waals surface area contributed by atoms with Crippen molar-refractivity contribution < 1.29 is 9.21 Å². The van der Waals surface area contributed by atoms with Crippen LogP contribution in [0, 0.1) is 5.92 Å². The van der Waals surface area contributed by atoms with Gasteiger partial charge in [0.05, 0.1) is 11.6 Å². The summed E-state index contributed by atoms with van der Waals surface area (Å²) >= 11 is 0. The van der Waals surface area contributed by atoms with Gasteiger partial charge in [-0.05, 0) is 24.1 Å². The fourth-order valence-electron chi connectivity index (χ4n) is 1.77. The predicted molar refractivity (Wildman–Crippen MR) is 72.9 cm³/mol. The molecule has 2 rings (SSSR count). The first-order valence-electron chi connectivity index (χ1n) is 6.20. The molecule has 4 N–H and O–H groups in total. The van der Waals surface area contributed by atoms with Gasteiger partial charge in [0.2, 0.25) is 5.91 Å². The Bertz CT molecular complexity index is 644. The van der Waals surface area contributed by atoms with E-state index in [4.69, 9.17) is 10.2 Å². The van der Waals surface area contributed by atoms with Crippen LogP contribution < -0.4 is 16.8 Å². The number of aromatic nitrogens is 1. The zero-order chi connectivity index (χ0) is 14.0. The molecule has 0 aliphatic heterocycles. The van der Waals surface area contributed by atoms with E-state index in [2.05, 4.69) is 10.3 Å². The quantitative estimate of drug-likeness (QED) is 0.776. The summed E-state index contributed by atoms with van der Waals surface area (Å²) in [5.74, 6) is -0.646. The van der Waals surface area contributed by atoms with Gasteiger partial charge in [-0.25, -0.2) is 4.79 Å². The van der Waals surface area contributed by atoms with Gasteiger partial charge in [-0.2, -0.15) is 0 Å². The van der Waals surface area contributed by atoms with E-state index in [9.17, 15) is 9.59 Å². The number of hydrogen-bond donors (Lipinski definition) is 3. The van der Waals surface area contributed by atoms with Crippen molar-refractivity contribution in [3.8, 4) is 0 Å². The number of fused-ring (bicyclic) bond motifs is 1. The molecule has 6 heteroatoms. The van der Waals surface area contributed by atoms with Gasteiger partial charge in [0.15, 0.2) is 5.58 Å². The maximum Gasteiger partial charge on any atom is 0.417 e. The number of carbonyl (C=O) groups is 1. The zero-order valence-corrected chi connectivity index (χ0v) is 10.9. The predicted octanol–water partition coefficient (Wildman–Crippen LogP) is 1.43. The molecule has 0 saturated carbocycles. The molecule has 102 valence electrons. The van der Waals surface area contributed by atoms with Crippen LogP contribution in [-0.2, 0) is 4.79 Å². The Morgan fingerprint density at radius 1 is 1.53 bits per heavy atom. The zero-order valence-electron chi connectivity index (χ0n) is 10.9. The Kier molecular flexibility index (Phi) is 3.71. The number of nitrogens with two attached hydrogens (primary N) is 1. The molecule has 0 saturated heterocycles. The van der Waals surface area contributed by atoms with Crippen LogP contribution in [-0.4, -0.2) is 16.9 Å². The lowest BCUT2D eigenvalue weighted by atomic mass is 9.99. The number of rotatable bonds is 4. The summed E-state index contributed by atoms with van der Waals surface area (Å²) in [7, 11) is 0. The molecular weight excluding hydrogens is 246 g/mol. The van der Waals surface area contributed by atoms with E-state index < -0.39 is 11.8 Å². The van der Waals surface area contributed by atoms with Crippen molar-refractivity contribution in [2.45, 2.75) is 26.3 Å². The molecule has 1 amide bonds. The van der Waals surface area contributed by atoms with E-state index in [-0.39, 0.29) is 11.8 Å². The second-order valence-electron chi connectivity index (χ2n) is 4.63. The SMILES string of the molecule is CC[C@H](C)[C@H](N)C(=O)Nc1ccc2oc(=O)[nH]c2c1. The van der Waals surface area contributed by atoms with Crippen molar-refractivity contribution in [1.82, 2.24) is 4.98 Å². The molecule has 1 heterocycles. The summed E-state index contributed by atoms with van der Waals surface area (Å²) in [6.07, 6.45) is 0.836. The standard InChI is InChI=1S/C13H17N3O3/c1-3-7(2)11(14)12(17)15-8-4-5-10-9(6-8)16-13(18)19-10/h4-7,11H,3,14H2,1-2H3,(H,15,17)(H,16,18)/t7-,11-/m0/s1. The average Bonchev–Trinajstić information content (AvgIpc) is 2.76. The van der Waals surface area contributed by atoms with E-state index >= 15 is 0 Å². The number of carbonyl (C=O) groups excluding carboxylic acids is 1. The first kappa shape index (κ1) is 13.4. The second kappa shape index (κ2) is 5.27. The van der Waals surface area contributed by atoms with E-state index in [1.54, 1.807) is 18.2 Å². The third-order valence-corrected chi connectivity index (χ3v) is 3.25. The van der Waals surface area contributed by atoms with Crippen LogP contribution in [0.3, 0.4) is 0 Å². The van der Waals surface area contributed by atoms with Crippen LogP contribution in [0.15, 0.2) is 27.4 Å². The highest BCUT2D eigenvalue weighted by atomic mass is 16.4. The van der Waals surface area contributed by atoms with Gasteiger partial charge in [-0.1, -0.05) is 20.3 Å². The number of aromatic amines is 1. The monoisotopic (exact) mass is 263 g/mol. The van der Waals surface area contributed by atoms with Crippen molar-refractivity contribution in [2.75, 3.05) is 5.32 Å². The lowest BCUT2D eigenvalue weighted by Gasteiger charge is -2.17. The van der Waals surface area contributed by atoms with Gasteiger partial charge in [0.25, 0.3) is 0 Å². The lowest BCUT2D eigenvalue weighted by molar-refractivity contribution is -0.118. The van der Waals surface area contributed by atoms with E-state index in [0.29, 0.717) is 16.8 Å². The normalized spacial score (nSPS) is 14.3. The molecule has 0 spiro atoms. The summed E-state index contributed by atoms with van der Waals surface area (Å²) in [4.78, 5) is 25.5. The molecule has 0 aliphatic rings. The number of anilines is 1. The fourth-order valence-corrected chi connectivity index (χ4v) is 1.77. The van der Waals surface area contributed by atoms with Gasteiger partial charge >= 0.3 is 5.76 Å². The summed E-state index contributed by atoms with van der Waals surface area (Å²) < 4.78 is 4.88. The molecule has 1 aromatic heterocycles. The Morgan fingerprint density at radius 3 is 2.95 bits per heavy atom. The van der Waals surface area contributed by atoms with E-state index in [1.807, 2.05) is 13.8 Å². The average molecular weight is 263 g/mol. The number of oxazole rings is 1. The first-order chi connectivity index (χ1) is 9.01. The molecule has 0 bridgehead atoms. The minimum Gasteiger partial charge on any atom is -0.408 e. The number of amides is 1. The highest BCUT2D eigenvalue weighted by Crippen LogP contribution is 2.17. The Balaban J connectivity index is 2.16. The summed E-state index contributed by atoms with van der Waals surface area (Å²) in [5.41, 5.74) is 7.42. The molecule has 0 radical (unpaired) electrons.